The first-order chi connectivity index (χ1) is 9.54. The molecule has 0 bridgehead atoms. The number of hydrogen-bond donors (Lipinski definition) is 2. The number of nitrogens with one attached hydrogen (secondary N) is 1. The number of rotatable bonds is 5. The summed E-state index contributed by atoms with van der Waals surface area (Å²) in [6.45, 7) is 1.04. The van der Waals surface area contributed by atoms with Crippen molar-refractivity contribution in [1.82, 2.24) is 4.90 Å². The molecule has 0 saturated carbocycles. The highest BCUT2D eigenvalue weighted by Crippen LogP contribution is 2.24. The average molecular weight is 310 g/mol. The molecule has 106 valence electrons. The van der Waals surface area contributed by atoms with Gasteiger partial charge in [0.05, 0.1) is 17.3 Å². The molecule has 0 fully saturated rings. The molecule has 1 aromatic carbocycles. The predicted octanol–water partition coefficient (Wildman–Crippen LogP) is 3.05. The van der Waals surface area contributed by atoms with Gasteiger partial charge in [-0.3, -0.25) is 9.69 Å². The summed E-state index contributed by atoms with van der Waals surface area (Å²) in [5.74, 6) is -0.114. The Hall–Kier alpha value is -1.56. The quantitative estimate of drug-likeness (QED) is 0.835. The highest BCUT2D eigenvalue weighted by molar-refractivity contribution is 7.09. The first-order valence-corrected chi connectivity index (χ1v) is 7.36. The third kappa shape index (κ3) is 4.23. The molecular weight excluding hydrogens is 294 g/mol. The molecule has 2 rings (SSSR count). The summed E-state index contributed by atoms with van der Waals surface area (Å²) in [5.41, 5.74) is 6.78. The molecule has 6 heteroatoms. The normalized spacial score (nSPS) is 10.8. The van der Waals surface area contributed by atoms with E-state index < -0.39 is 0 Å². The Morgan fingerprint density at radius 1 is 1.45 bits per heavy atom. The second kappa shape index (κ2) is 6.74. The number of nitrogens with two attached hydrogens (primary N) is 1. The summed E-state index contributed by atoms with van der Waals surface area (Å²) in [4.78, 5) is 15.1. The van der Waals surface area contributed by atoms with Crippen LogP contribution in [-0.2, 0) is 11.3 Å². The van der Waals surface area contributed by atoms with Gasteiger partial charge in [-0.05, 0) is 36.7 Å². The molecular formula is C14H16ClN3OS. The maximum absolute atomic E-state index is 12.0. The smallest absolute Gasteiger partial charge is 0.238 e. The van der Waals surface area contributed by atoms with Crippen molar-refractivity contribution in [3.05, 3.63) is 45.6 Å². The number of nitrogens with zero attached hydrogens (tertiary/aromatic N) is 1. The van der Waals surface area contributed by atoms with E-state index in [2.05, 4.69) is 5.32 Å². The fraction of sp³-hybridized carbons (Fsp3) is 0.214. The van der Waals surface area contributed by atoms with E-state index in [1.807, 2.05) is 29.5 Å². The minimum atomic E-state index is -0.114. The molecule has 0 radical (unpaired) electrons. The molecule has 0 aliphatic rings. The number of benzene rings is 1. The van der Waals surface area contributed by atoms with Gasteiger partial charge in [0, 0.05) is 17.1 Å². The van der Waals surface area contributed by atoms with Gasteiger partial charge in [0.15, 0.2) is 0 Å². The first kappa shape index (κ1) is 14.8. The third-order valence-corrected chi connectivity index (χ3v) is 3.87. The van der Waals surface area contributed by atoms with E-state index in [0.29, 0.717) is 22.9 Å². The zero-order valence-electron chi connectivity index (χ0n) is 11.1. The standard InChI is InChI=1S/C14H16ClN3OS/c1-18(8-11-3-2-6-20-11)9-14(19)17-13-7-10(16)4-5-12(13)15/h2-7H,8-9,16H2,1H3,(H,17,19). The molecule has 20 heavy (non-hydrogen) atoms. The van der Waals surface area contributed by atoms with Crippen molar-refractivity contribution in [3.63, 3.8) is 0 Å². The van der Waals surface area contributed by atoms with E-state index in [4.69, 9.17) is 17.3 Å². The Morgan fingerprint density at radius 2 is 2.25 bits per heavy atom. The molecule has 3 N–H and O–H groups in total. The number of nitrogen functional groups attached to an aromatic ring is 1. The Bertz CT molecular complexity index is 586. The highest BCUT2D eigenvalue weighted by Gasteiger charge is 2.10. The van der Waals surface area contributed by atoms with Crippen LogP contribution in [0.25, 0.3) is 0 Å². The van der Waals surface area contributed by atoms with E-state index in [1.165, 1.54) is 4.88 Å². The van der Waals surface area contributed by atoms with Crippen LogP contribution < -0.4 is 11.1 Å². The molecule has 1 amide bonds. The summed E-state index contributed by atoms with van der Waals surface area (Å²) in [6, 6.07) is 9.07. The molecule has 0 saturated heterocycles. The Balaban J connectivity index is 1.90. The van der Waals surface area contributed by atoms with Crippen LogP contribution in [0.1, 0.15) is 4.88 Å². The lowest BCUT2D eigenvalue weighted by Gasteiger charge is -2.15. The molecule has 4 nitrogen and oxygen atoms in total. The van der Waals surface area contributed by atoms with Crippen LogP contribution in [0.15, 0.2) is 35.7 Å². The number of carbonyl (C=O) groups is 1. The summed E-state index contributed by atoms with van der Waals surface area (Å²) in [5, 5.41) is 5.28. The highest BCUT2D eigenvalue weighted by atomic mass is 35.5. The van der Waals surface area contributed by atoms with Crippen LogP contribution in [0, 0.1) is 0 Å². The van der Waals surface area contributed by atoms with Crippen molar-refractivity contribution < 1.29 is 4.79 Å². The second-order valence-corrected chi connectivity index (χ2v) is 5.98. The molecule has 0 atom stereocenters. The molecule has 1 heterocycles. The van der Waals surface area contributed by atoms with Crippen LogP contribution in [0.2, 0.25) is 5.02 Å². The van der Waals surface area contributed by atoms with Crippen molar-refractivity contribution in [2.75, 3.05) is 24.6 Å². The molecule has 1 aromatic heterocycles. The zero-order valence-corrected chi connectivity index (χ0v) is 12.7. The second-order valence-electron chi connectivity index (χ2n) is 4.54. The minimum Gasteiger partial charge on any atom is -0.399 e. The summed E-state index contributed by atoms with van der Waals surface area (Å²) < 4.78 is 0. The summed E-state index contributed by atoms with van der Waals surface area (Å²) in [6.07, 6.45) is 0. The maximum Gasteiger partial charge on any atom is 0.238 e. The third-order valence-electron chi connectivity index (χ3n) is 2.68. The fourth-order valence-corrected chi connectivity index (χ4v) is 2.75. The Morgan fingerprint density at radius 3 is 2.95 bits per heavy atom. The van der Waals surface area contributed by atoms with Crippen LogP contribution in [0.4, 0.5) is 11.4 Å². The van der Waals surface area contributed by atoms with Crippen molar-refractivity contribution in [2.45, 2.75) is 6.54 Å². The molecule has 0 spiro atoms. The lowest BCUT2D eigenvalue weighted by molar-refractivity contribution is -0.117. The summed E-state index contributed by atoms with van der Waals surface area (Å²) >= 11 is 7.69. The van der Waals surface area contributed by atoms with E-state index in [0.717, 1.165) is 6.54 Å². The van der Waals surface area contributed by atoms with Gasteiger partial charge in [-0.15, -0.1) is 11.3 Å². The lowest BCUT2D eigenvalue weighted by atomic mass is 10.3. The van der Waals surface area contributed by atoms with Gasteiger partial charge in [-0.25, -0.2) is 0 Å². The van der Waals surface area contributed by atoms with Gasteiger partial charge < -0.3 is 11.1 Å². The number of amides is 1. The number of anilines is 2. The Labute approximate surface area is 127 Å². The van der Waals surface area contributed by atoms with Crippen LogP contribution in [0.5, 0.6) is 0 Å². The first-order valence-electron chi connectivity index (χ1n) is 6.10. The number of thiophene rings is 1. The van der Waals surface area contributed by atoms with Gasteiger partial charge in [0.2, 0.25) is 5.91 Å². The van der Waals surface area contributed by atoms with Crippen LogP contribution in [-0.4, -0.2) is 24.4 Å². The Kier molecular flexibility index (Phi) is 5.00. The summed E-state index contributed by atoms with van der Waals surface area (Å²) in [7, 11) is 1.90. The molecule has 0 aliphatic heterocycles. The monoisotopic (exact) mass is 309 g/mol. The van der Waals surface area contributed by atoms with E-state index in [-0.39, 0.29) is 5.91 Å². The molecule has 0 unspecified atom stereocenters. The van der Waals surface area contributed by atoms with Gasteiger partial charge in [0.25, 0.3) is 0 Å². The zero-order chi connectivity index (χ0) is 14.5. The van der Waals surface area contributed by atoms with E-state index in [9.17, 15) is 4.79 Å². The van der Waals surface area contributed by atoms with Crippen LogP contribution >= 0.6 is 22.9 Å². The van der Waals surface area contributed by atoms with E-state index in [1.54, 1.807) is 29.5 Å². The average Bonchev–Trinajstić information content (AvgIpc) is 2.86. The fourth-order valence-electron chi connectivity index (χ4n) is 1.80. The lowest BCUT2D eigenvalue weighted by Crippen LogP contribution is -2.29. The van der Waals surface area contributed by atoms with Gasteiger partial charge >= 0.3 is 0 Å². The number of hydrogen-bond acceptors (Lipinski definition) is 4. The predicted molar refractivity (Wildman–Crippen MR) is 85.1 cm³/mol. The SMILES string of the molecule is CN(CC(=O)Nc1cc(N)ccc1Cl)Cc1cccs1. The van der Waals surface area contributed by atoms with Crippen molar-refractivity contribution in [3.8, 4) is 0 Å². The minimum absolute atomic E-state index is 0.114. The van der Waals surface area contributed by atoms with E-state index >= 15 is 0 Å². The van der Waals surface area contributed by atoms with Crippen LogP contribution in [0.3, 0.4) is 0 Å². The number of likely N-dealkylation sites (N-methyl/N-ethyl adjacent to an activating group) is 1. The van der Waals surface area contributed by atoms with Gasteiger partial charge in [-0.2, -0.15) is 0 Å². The van der Waals surface area contributed by atoms with Crippen molar-refractivity contribution >= 4 is 40.2 Å². The molecule has 0 aliphatic carbocycles. The van der Waals surface area contributed by atoms with Crippen molar-refractivity contribution in [1.29, 1.82) is 0 Å². The van der Waals surface area contributed by atoms with Crippen molar-refractivity contribution in [2.24, 2.45) is 0 Å². The van der Waals surface area contributed by atoms with Gasteiger partial charge in [0.1, 0.15) is 0 Å². The molecule has 2 aromatic rings. The number of halogens is 1. The topological polar surface area (TPSA) is 58.4 Å². The number of carbonyl (C=O) groups excluding carboxylic acids is 1. The largest absolute Gasteiger partial charge is 0.399 e. The van der Waals surface area contributed by atoms with Gasteiger partial charge in [-0.1, -0.05) is 17.7 Å². The maximum atomic E-state index is 12.0.